The van der Waals surface area contributed by atoms with Crippen LogP contribution < -0.4 is 0 Å². The molecule has 23 heavy (non-hydrogen) atoms. The summed E-state index contributed by atoms with van der Waals surface area (Å²) in [7, 11) is 2.17. The third-order valence-electron chi connectivity index (χ3n) is 5.34. The Labute approximate surface area is 135 Å². The fraction of sp³-hybridized carbons (Fsp3) is 0.588. The predicted octanol–water partition coefficient (Wildman–Crippen LogP) is 2.23. The summed E-state index contributed by atoms with van der Waals surface area (Å²) in [6.07, 6.45) is 6.22. The van der Waals surface area contributed by atoms with E-state index >= 15 is 0 Å². The van der Waals surface area contributed by atoms with Crippen LogP contribution in [-0.2, 0) is 0 Å². The number of aromatic nitrogens is 2. The fourth-order valence-electron chi connectivity index (χ4n) is 4.09. The van der Waals surface area contributed by atoms with Gasteiger partial charge in [-0.1, -0.05) is 5.16 Å². The molecule has 6 heteroatoms. The van der Waals surface area contributed by atoms with Crippen LogP contribution in [0, 0.1) is 6.92 Å². The second-order valence-corrected chi connectivity index (χ2v) is 6.74. The minimum Gasteiger partial charge on any atom is -0.336 e. The summed E-state index contributed by atoms with van der Waals surface area (Å²) in [5.74, 6) is 0.0859. The minimum absolute atomic E-state index is 0.0859. The van der Waals surface area contributed by atoms with Crippen molar-refractivity contribution in [3.05, 3.63) is 23.5 Å². The van der Waals surface area contributed by atoms with Crippen molar-refractivity contribution in [3.8, 4) is 0 Å². The molecule has 0 aliphatic carbocycles. The van der Waals surface area contributed by atoms with Gasteiger partial charge in [0.05, 0.1) is 16.6 Å². The van der Waals surface area contributed by atoms with Gasteiger partial charge in [0.2, 0.25) is 0 Å². The van der Waals surface area contributed by atoms with Gasteiger partial charge in [0, 0.05) is 24.8 Å². The highest BCUT2D eigenvalue weighted by Crippen LogP contribution is 2.30. The smallest absolute Gasteiger partial charge is 0.257 e. The average Bonchev–Trinajstić information content (AvgIpc) is 3.26. The van der Waals surface area contributed by atoms with E-state index in [1.54, 1.807) is 6.20 Å². The number of aryl methyl sites for hydroxylation is 1. The lowest BCUT2D eigenvalue weighted by atomic mass is 10.0. The zero-order valence-electron chi connectivity index (χ0n) is 13.7. The Kier molecular flexibility index (Phi) is 3.56. The maximum Gasteiger partial charge on any atom is 0.257 e. The maximum absolute atomic E-state index is 13.0. The molecule has 2 aliphatic rings. The molecule has 0 bridgehead atoms. The average molecular weight is 314 g/mol. The van der Waals surface area contributed by atoms with Crippen molar-refractivity contribution in [2.24, 2.45) is 0 Å². The second-order valence-electron chi connectivity index (χ2n) is 6.74. The quantitative estimate of drug-likeness (QED) is 0.850. The third kappa shape index (κ3) is 2.41. The fourth-order valence-corrected chi connectivity index (χ4v) is 4.09. The molecule has 2 aliphatic heterocycles. The number of pyridine rings is 1. The molecule has 2 aromatic heterocycles. The highest BCUT2D eigenvalue weighted by molar-refractivity contribution is 5.97. The van der Waals surface area contributed by atoms with Gasteiger partial charge in [-0.25, -0.2) is 4.98 Å². The summed E-state index contributed by atoms with van der Waals surface area (Å²) < 4.78 is 5.13. The number of carbonyl (C=O) groups is 1. The predicted molar refractivity (Wildman–Crippen MR) is 86.3 cm³/mol. The summed E-state index contributed by atoms with van der Waals surface area (Å²) in [5, 5.41) is 4.74. The normalized spacial score (nSPS) is 25.6. The number of fused-ring (bicyclic) bond motifs is 1. The Hall–Kier alpha value is -1.95. The SMILES string of the molecule is Cc1noc2ncc(C(=O)N3CCC[C@H]3[C@H]3CCCN3C)cc12. The monoisotopic (exact) mass is 314 g/mol. The molecule has 0 N–H and O–H groups in total. The number of hydrogen-bond donors (Lipinski definition) is 0. The number of carbonyl (C=O) groups excluding carboxylic acids is 1. The highest BCUT2D eigenvalue weighted by atomic mass is 16.5. The van der Waals surface area contributed by atoms with Crippen molar-refractivity contribution in [1.29, 1.82) is 0 Å². The molecule has 0 radical (unpaired) electrons. The van der Waals surface area contributed by atoms with Crippen LogP contribution in [0.2, 0.25) is 0 Å². The number of hydrogen-bond acceptors (Lipinski definition) is 5. The molecule has 6 nitrogen and oxygen atoms in total. The van der Waals surface area contributed by atoms with Crippen LogP contribution in [0.4, 0.5) is 0 Å². The zero-order valence-corrected chi connectivity index (χ0v) is 13.7. The zero-order chi connectivity index (χ0) is 16.0. The molecule has 122 valence electrons. The maximum atomic E-state index is 13.0. The van der Waals surface area contributed by atoms with Gasteiger partial charge in [0.15, 0.2) is 0 Å². The van der Waals surface area contributed by atoms with E-state index in [0.29, 0.717) is 23.4 Å². The molecule has 2 atom stereocenters. The van der Waals surface area contributed by atoms with Crippen molar-refractivity contribution in [2.45, 2.75) is 44.7 Å². The lowest BCUT2D eigenvalue weighted by molar-refractivity contribution is 0.0664. The lowest BCUT2D eigenvalue weighted by Crippen LogP contribution is -2.47. The van der Waals surface area contributed by atoms with Crippen LogP contribution in [0.25, 0.3) is 11.1 Å². The number of rotatable bonds is 2. The van der Waals surface area contributed by atoms with Crippen LogP contribution in [0.1, 0.15) is 41.7 Å². The Morgan fingerprint density at radius 3 is 2.83 bits per heavy atom. The van der Waals surface area contributed by atoms with Crippen molar-refractivity contribution >= 4 is 17.0 Å². The molecule has 0 aromatic carbocycles. The summed E-state index contributed by atoms with van der Waals surface area (Å²) in [6, 6.07) is 2.69. The van der Waals surface area contributed by atoms with Gasteiger partial charge < -0.3 is 14.3 Å². The van der Waals surface area contributed by atoms with Crippen LogP contribution in [0.3, 0.4) is 0 Å². The van der Waals surface area contributed by atoms with Crippen molar-refractivity contribution in [2.75, 3.05) is 20.1 Å². The first-order valence-electron chi connectivity index (χ1n) is 8.38. The Morgan fingerprint density at radius 2 is 2.04 bits per heavy atom. The molecule has 0 unspecified atom stereocenters. The molecule has 2 aromatic rings. The standard InChI is InChI=1S/C17H22N4O2/c1-11-13-9-12(10-18-16(13)23-19-11)17(22)21-8-4-6-15(21)14-5-3-7-20(14)2/h9-10,14-15H,3-8H2,1-2H3/t14-,15+/m1/s1. The second kappa shape index (κ2) is 5.60. The summed E-state index contributed by atoms with van der Waals surface area (Å²) in [4.78, 5) is 21.7. The van der Waals surface area contributed by atoms with Gasteiger partial charge in [-0.05, 0) is 52.3 Å². The molecule has 4 rings (SSSR count). The van der Waals surface area contributed by atoms with Crippen LogP contribution >= 0.6 is 0 Å². The molecule has 1 amide bonds. The highest BCUT2D eigenvalue weighted by Gasteiger charge is 2.38. The van der Waals surface area contributed by atoms with E-state index in [-0.39, 0.29) is 5.91 Å². The van der Waals surface area contributed by atoms with Crippen LogP contribution in [0.5, 0.6) is 0 Å². The van der Waals surface area contributed by atoms with Gasteiger partial charge >= 0.3 is 0 Å². The molecule has 0 saturated carbocycles. The Balaban J connectivity index is 1.62. The van der Waals surface area contributed by atoms with Gasteiger partial charge in [-0.3, -0.25) is 4.79 Å². The van der Waals surface area contributed by atoms with Crippen molar-refractivity contribution < 1.29 is 9.32 Å². The van der Waals surface area contributed by atoms with E-state index in [4.69, 9.17) is 4.52 Å². The van der Waals surface area contributed by atoms with Gasteiger partial charge in [-0.15, -0.1) is 0 Å². The lowest BCUT2D eigenvalue weighted by Gasteiger charge is -2.33. The van der Waals surface area contributed by atoms with Crippen LogP contribution in [0.15, 0.2) is 16.8 Å². The number of nitrogens with zero attached hydrogens (tertiary/aromatic N) is 4. The number of likely N-dealkylation sites (N-methyl/N-ethyl adjacent to an activating group) is 1. The first kappa shape index (κ1) is 14.6. The van der Waals surface area contributed by atoms with E-state index < -0.39 is 0 Å². The third-order valence-corrected chi connectivity index (χ3v) is 5.34. The van der Waals surface area contributed by atoms with E-state index in [1.807, 2.05) is 13.0 Å². The van der Waals surface area contributed by atoms with Crippen molar-refractivity contribution in [1.82, 2.24) is 19.9 Å². The molecule has 4 heterocycles. The van der Waals surface area contributed by atoms with Crippen LogP contribution in [-0.4, -0.2) is 58.1 Å². The summed E-state index contributed by atoms with van der Waals surface area (Å²) >= 11 is 0. The molecule has 2 saturated heterocycles. The minimum atomic E-state index is 0.0859. The summed E-state index contributed by atoms with van der Waals surface area (Å²) in [6.45, 7) is 3.85. The largest absolute Gasteiger partial charge is 0.336 e. The first-order chi connectivity index (χ1) is 11.1. The molecule has 0 spiro atoms. The number of likely N-dealkylation sites (tertiary alicyclic amines) is 2. The van der Waals surface area contributed by atoms with Gasteiger partial charge in [0.1, 0.15) is 0 Å². The van der Waals surface area contributed by atoms with Crippen molar-refractivity contribution in [3.63, 3.8) is 0 Å². The summed E-state index contributed by atoms with van der Waals surface area (Å²) in [5.41, 5.74) is 1.90. The Bertz CT molecular complexity index is 741. The van der Waals surface area contributed by atoms with Gasteiger partial charge in [-0.2, -0.15) is 0 Å². The van der Waals surface area contributed by atoms with E-state index in [2.05, 4.69) is 27.0 Å². The molecular weight excluding hydrogens is 292 g/mol. The number of amides is 1. The first-order valence-corrected chi connectivity index (χ1v) is 8.38. The Morgan fingerprint density at radius 1 is 1.26 bits per heavy atom. The van der Waals surface area contributed by atoms with E-state index in [1.165, 1.54) is 12.8 Å². The van der Waals surface area contributed by atoms with E-state index in [0.717, 1.165) is 37.0 Å². The van der Waals surface area contributed by atoms with Gasteiger partial charge in [0.25, 0.3) is 11.6 Å². The topological polar surface area (TPSA) is 62.5 Å². The van der Waals surface area contributed by atoms with E-state index in [9.17, 15) is 4.79 Å². The molecule has 2 fully saturated rings. The molecular formula is C17H22N4O2.